The van der Waals surface area contributed by atoms with E-state index in [1.54, 1.807) is 11.5 Å². The van der Waals surface area contributed by atoms with Crippen LogP contribution in [0.15, 0.2) is 11.4 Å². The largest absolute Gasteiger partial charge is 0.197 e. The first kappa shape index (κ1) is 6.35. The Morgan fingerprint density at radius 3 is 2.80 bits per heavy atom. The van der Waals surface area contributed by atoms with Gasteiger partial charge in [-0.3, -0.25) is 0 Å². The van der Waals surface area contributed by atoms with Crippen LogP contribution >= 0.6 is 11.5 Å². The summed E-state index contributed by atoms with van der Waals surface area (Å²) in [6.45, 7) is 0. The topological polar surface area (TPSA) is 12.9 Å². The molecule has 1 nitrogen and oxygen atoms in total. The summed E-state index contributed by atoms with van der Waals surface area (Å²) in [4.78, 5) is 0. The maximum Gasteiger partial charge on any atom is 0.0573 e. The van der Waals surface area contributed by atoms with E-state index in [0.29, 0.717) is 0 Å². The molecule has 1 fully saturated rings. The Morgan fingerprint density at radius 2 is 2.20 bits per heavy atom. The van der Waals surface area contributed by atoms with Crippen molar-refractivity contribution in [1.82, 2.24) is 4.37 Å². The van der Waals surface area contributed by atoms with Gasteiger partial charge in [-0.25, -0.2) is 0 Å². The van der Waals surface area contributed by atoms with Crippen molar-refractivity contribution in [2.75, 3.05) is 0 Å². The van der Waals surface area contributed by atoms with Crippen molar-refractivity contribution in [3.05, 3.63) is 17.1 Å². The van der Waals surface area contributed by atoms with E-state index in [-0.39, 0.29) is 0 Å². The van der Waals surface area contributed by atoms with Crippen molar-refractivity contribution >= 4 is 11.5 Å². The molecular weight excluding hydrogens is 142 g/mol. The molecule has 0 N–H and O–H groups in total. The van der Waals surface area contributed by atoms with E-state index in [1.807, 2.05) is 0 Å². The van der Waals surface area contributed by atoms with Crippen molar-refractivity contribution in [2.24, 2.45) is 0 Å². The van der Waals surface area contributed by atoms with Gasteiger partial charge < -0.3 is 0 Å². The van der Waals surface area contributed by atoms with E-state index in [2.05, 4.69) is 15.8 Å². The first-order valence-corrected chi connectivity index (χ1v) is 4.71. The highest BCUT2D eigenvalue weighted by molar-refractivity contribution is 7.03. The van der Waals surface area contributed by atoms with Gasteiger partial charge in [-0.1, -0.05) is 12.8 Å². The maximum atomic E-state index is 4.34. The summed E-state index contributed by atoms with van der Waals surface area (Å²) in [6, 6.07) is 2.17. The van der Waals surface area contributed by atoms with E-state index >= 15 is 0 Å². The molecule has 0 bridgehead atoms. The highest BCUT2D eigenvalue weighted by Gasteiger charge is 2.17. The molecule has 0 saturated heterocycles. The van der Waals surface area contributed by atoms with Crippen molar-refractivity contribution < 1.29 is 0 Å². The van der Waals surface area contributed by atoms with E-state index in [4.69, 9.17) is 0 Å². The summed E-state index contributed by atoms with van der Waals surface area (Å²) >= 11 is 1.58. The normalized spacial score (nSPS) is 20.0. The fraction of sp³-hybridized carbons (Fsp3) is 0.625. The molecule has 1 aliphatic carbocycles. The lowest BCUT2D eigenvalue weighted by Gasteiger charge is -2.01. The second-order valence-electron chi connectivity index (χ2n) is 2.91. The quantitative estimate of drug-likeness (QED) is 0.604. The molecule has 1 aromatic heterocycles. The lowest BCUT2D eigenvalue weighted by atomic mass is 10.1. The Balaban J connectivity index is 2.12. The first-order valence-electron chi connectivity index (χ1n) is 3.87. The molecule has 0 spiro atoms. The summed E-state index contributed by atoms with van der Waals surface area (Å²) in [6.07, 6.45) is 5.54. The summed E-state index contributed by atoms with van der Waals surface area (Å²) in [5.41, 5.74) is 1.34. The zero-order valence-electron chi connectivity index (χ0n) is 5.92. The van der Waals surface area contributed by atoms with Gasteiger partial charge in [0.2, 0.25) is 0 Å². The third-order valence-corrected chi connectivity index (χ3v) is 2.81. The van der Waals surface area contributed by atoms with Crippen molar-refractivity contribution in [2.45, 2.75) is 31.6 Å². The summed E-state index contributed by atoms with van der Waals surface area (Å²) in [5, 5.41) is 2.08. The van der Waals surface area contributed by atoms with Crippen LogP contribution in [-0.2, 0) is 0 Å². The van der Waals surface area contributed by atoms with Crippen LogP contribution in [0.25, 0.3) is 0 Å². The summed E-state index contributed by atoms with van der Waals surface area (Å²) in [7, 11) is 0. The van der Waals surface area contributed by atoms with E-state index in [1.165, 1.54) is 31.4 Å². The van der Waals surface area contributed by atoms with Crippen molar-refractivity contribution in [3.8, 4) is 0 Å². The molecule has 1 saturated carbocycles. The van der Waals surface area contributed by atoms with Gasteiger partial charge in [0.25, 0.3) is 0 Å². The van der Waals surface area contributed by atoms with Crippen LogP contribution in [-0.4, -0.2) is 4.37 Å². The van der Waals surface area contributed by atoms with Gasteiger partial charge in [0.15, 0.2) is 0 Å². The predicted octanol–water partition coefficient (Wildman–Crippen LogP) is 2.80. The minimum Gasteiger partial charge on any atom is -0.197 e. The Hall–Kier alpha value is -0.370. The number of rotatable bonds is 1. The van der Waals surface area contributed by atoms with E-state index in [0.717, 1.165) is 5.92 Å². The molecular formula is C8H11NS. The van der Waals surface area contributed by atoms with Gasteiger partial charge in [0.05, 0.1) is 5.69 Å². The summed E-state index contributed by atoms with van der Waals surface area (Å²) in [5.74, 6) is 0.797. The van der Waals surface area contributed by atoms with Gasteiger partial charge >= 0.3 is 0 Å². The Labute approximate surface area is 65.3 Å². The Kier molecular flexibility index (Phi) is 1.72. The molecule has 2 heteroatoms. The molecule has 0 radical (unpaired) electrons. The SMILES string of the molecule is c1cc(C2CCCC2)ns1. The van der Waals surface area contributed by atoms with E-state index in [9.17, 15) is 0 Å². The molecule has 0 amide bonds. The van der Waals surface area contributed by atoms with Gasteiger partial charge in [-0.15, -0.1) is 0 Å². The van der Waals surface area contributed by atoms with Crippen molar-refractivity contribution in [3.63, 3.8) is 0 Å². The third kappa shape index (κ3) is 1.08. The molecule has 54 valence electrons. The van der Waals surface area contributed by atoms with Crippen molar-refractivity contribution in [1.29, 1.82) is 0 Å². The fourth-order valence-corrected chi connectivity index (χ4v) is 2.25. The average Bonchev–Trinajstić information content (AvgIpc) is 2.59. The number of hydrogen-bond acceptors (Lipinski definition) is 2. The van der Waals surface area contributed by atoms with Crippen LogP contribution in [0.2, 0.25) is 0 Å². The van der Waals surface area contributed by atoms with Gasteiger partial charge in [0.1, 0.15) is 0 Å². The highest BCUT2D eigenvalue weighted by Crippen LogP contribution is 2.33. The molecule has 1 aliphatic rings. The standard InChI is InChI=1S/C8H11NS/c1-2-4-7(3-1)8-5-6-10-9-8/h5-7H,1-4H2. The van der Waals surface area contributed by atoms with Crippen LogP contribution in [0.5, 0.6) is 0 Å². The monoisotopic (exact) mass is 153 g/mol. The smallest absolute Gasteiger partial charge is 0.0573 e. The number of aromatic nitrogens is 1. The van der Waals surface area contributed by atoms with Crippen LogP contribution in [0, 0.1) is 0 Å². The highest BCUT2D eigenvalue weighted by atomic mass is 32.1. The van der Waals surface area contributed by atoms with Crippen LogP contribution < -0.4 is 0 Å². The summed E-state index contributed by atoms with van der Waals surface area (Å²) < 4.78 is 4.34. The Bertz CT molecular complexity index is 187. The zero-order valence-corrected chi connectivity index (χ0v) is 6.73. The lowest BCUT2D eigenvalue weighted by Crippen LogP contribution is -1.90. The van der Waals surface area contributed by atoms with Crippen LogP contribution in [0.4, 0.5) is 0 Å². The average molecular weight is 153 g/mol. The van der Waals surface area contributed by atoms with Crippen LogP contribution in [0.1, 0.15) is 37.3 Å². The maximum absolute atomic E-state index is 4.34. The van der Waals surface area contributed by atoms with Gasteiger partial charge in [0, 0.05) is 11.3 Å². The fourth-order valence-electron chi connectivity index (χ4n) is 1.65. The third-order valence-electron chi connectivity index (χ3n) is 2.23. The molecule has 2 rings (SSSR count). The predicted molar refractivity (Wildman–Crippen MR) is 43.3 cm³/mol. The number of nitrogens with zero attached hydrogens (tertiary/aromatic N) is 1. The molecule has 10 heavy (non-hydrogen) atoms. The van der Waals surface area contributed by atoms with Crippen LogP contribution in [0.3, 0.4) is 0 Å². The first-order chi connectivity index (χ1) is 4.97. The molecule has 1 aromatic rings. The number of hydrogen-bond donors (Lipinski definition) is 0. The lowest BCUT2D eigenvalue weighted by molar-refractivity contribution is 0.707. The van der Waals surface area contributed by atoms with Gasteiger partial charge in [-0.05, 0) is 30.4 Å². The zero-order chi connectivity index (χ0) is 6.81. The Morgan fingerprint density at radius 1 is 1.40 bits per heavy atom. The molecule has 0 atom stereocenters. The molecule has 0 aliphatic heterocycles. The minimum atomic E-state index is 0.797. The molecule has 1 heterocycles. The minimum absolute atomic E-state index is 0.797. The second kappa shape index (κ2) is 2.70. The van der Waals surface area contributed by atoms with E-state index < -0.39 is 0 Å². The second-order valence-corrected chi connectivity index (χ2v) is 3.57. The van der Waals surface area contributed by atoms with Gasteiger partial charge in [-0.2, -0.15) is 4.37 Å². The molecule has 0 aromatic carbocycles. The molecule has 0 unspecified atom stereocenters.